The molecule has 1 heterocycles. The lowest BCUT2D eigenvalue weighted by Gasteiger charge is -2.34. The Morgan fingerprint density at radius 3 is 2.58 bits per heavy atom. The zero-order chi connectivity index (χ0) is 13.7. The molecule has 1 fully saturated rings. The molecule has 1 aliphatic rings. The molecule has 0 spiro atoms. The van der Waals surface area contributed by atoms with E-state index in [-0.39, 0.29) is 12.6 Å². The normalized spacial score (nSPS) is 18.1. The van der Waals surface area contributed by atoms with Gasteiger partial charge in [-0.25, -0.2) is 0 Å². The summed E-state index contributed by atoms with van der Waals surface area (Å²) in [6.07, 6.45) is 0. The minimum absolute atomic E-state index is 0.0489. The summed E-state index contributed by atoms with van der Waals surface area (Å²) in [4.78, 5) is 2.27. The topological polar surface area (TPSA) is 54.0 Å². The van der Waals surface area contributed by atoms with E-state index < -0.39 is 0 Å². The molecular weight excluding hydrogens is 244 g/mol. The van der Waals surface area contributed by atoms with E-state index in [1.807, 2.05) is 18.2 Å². The van der Waals surface area contributed by atoms with Crippen LogP contribution >= 0.6 is 0 Å². The molecule has 0 aliphatic carbocycles. The summed E-state index contributed by atoms with van der Waals surface area (Å²) >= 11 is 0. The second-order valence-corrected chi connectivity index (χ2v) is 4.59. The number of piperazine rings is 1. The molecule has 0 saturated carbocycles. The van der Waals surface area contributed by atoms with Crippen LogP contribution in [-0.2, 0) is 0 Å². The number of aliphatic hydroxyl groups excluding tert-OH is 1. The van der Waals surface area contributed by atoms with Crippen molar-refractivity contribution in [1.29, 1.82) is 0 Å². The molecule has 2 N–H and O–H groups in total. The van der Waals surface area contributed by atoms with Crippen molar-refractivity contribution in [2.75, 3.05) is 47.0 Å². The lowest BCUT2D eigenvalue weighted by molar-refractivity contribution is 0.108. The highest BCUT2D eigenvalue weighted by Crippen LogP contribution is 2.32. The van der Waals surface area contributed by atoms with Crippen LogP contribution < -0.4 is 14.8 Å². The lowest BCUT2D eigenvalue weighted by atomic mass is 10.0. The van der Waals surface area contributed by atoms with Crippen LogP contribution in [0.1, 0.15) is 11.6 Å². The maximum atomic E-state index is 9.76. The summed E-state index contributed by atoms with van der Waals surface area (Å²) in [5.41, 5.74) is 0.978. The number of rotatable bonds is 5. The molecule has 2 rings (SSSR count). The van der Waals surface area contributed by atoms with Gasteiger partial charge in [0.2, 0.25) is 0 Å². The van der Waals surface area contributed by atoms with Crippen LogP contribution in [0.3, 0.4) is 0 Å². The number of hydrogen-bond donors (Lipinski definition) is 2. The smallest absolute Gasteiger partial charge is 0.124 e. The van der Waals surface area contributed by atoms with E-state index in [4.69, 9.17) is 9.47 Å². The monoisotopic (exact) mass is 266 g/mol. The predicted octanol–water partition coefficient (Wildman–Crippen LogP) is 0.642. The zero-order valence-corrected chi connectivity index (χ0v) is 11.6. The molecule has 0 bridgehead atoms. The fourth-order valence-electron chi connectivity index (χ4n) is 2.50. The minimum Gasteiger partial charge on any atom is -0.497 e. The summed E-state index contributed by atoms with van der Waals surface area (Å²) in [7, 11) is 3.29. The van der Waals surface area contributed by atoms with Crippen molar-refractivity contribution in [3.05, 3.63) is 23.8 Å². The third-order valence-corrected chi connectivity index (χ3v) is 3.56. The van der Waals surface area contributed by atoms with E-state index in [9.17, 15) is 5.11 Å². The number of ether oxygens (including phenoxy) is 2. The number of hydrogen-bond acceptors (Lipinski definition) is 5. The average molecular weight is 266 g/mol. The Morgan fingerprint density at radius 2 is 2.00 bits per heavy atom. The molecule has 106 valence electrons. The second-order valence-electron chi connectivity index (χ2n) is 4.59. The van der Waals surface area contributed by atoms with Gasteiger partial charge in [0, 0.05) is 31.7 Å². The maximum absolute atomic E-state index is 9.76. The van der Waals surface area contributed by atoms with Crippen molar-refractivity contribution in [3.8, 4) is 11.5 Å². The molecule has 5 nitrogen and oxygen atoms in total. The first kappa shape index (κ1) is 14.1. The van der Waals surface area contributed by atoms with Gasteiger partial charge >= 0.3 is 0 Å². The Morgan fingerprint density at radius 1 is 1.26 bits per heavy atom. The van der Waals surface area contributed by atoms with Crippen molar-refractivity contribution in [2.45, 2.75) is 6.04 Å². The third kappa shape index (κ3) is 3.18. The van der Waals surface area contributed by atoms with Crippen molar-refractivity contribution in [1.82, 2.24) is 10.2 Å². The molecule has 5 heteroatoms. The van der Waals surface area contributed by atoms with Gasteiger partial charge in [-0.15, -0.1) is 0 Å². The fraction of sp³-hybridized carbons (Fsp3) is 0.571. The Hall–Kier alpha value is -1.30. The maximum Gasteiger partial charge on any atom is 0.124 e. The Bertz CT molecular complexity index is 406. The van der Waals surface area contributed by atoms with E-state index in [2.05, 4.69) is 10.2 Å². The van der Waals surface area contributed by atoms with Gasteiger partial charge in [0.1, 0.15) is 11.5 Å². The van der Waals surface area contributed by atoms with Crippen LogP contribution in [0.15, 0.2) is 18.2 Å². The summed E-state index contributed by atoms with van der Waals surface area (Å²) in [5, 5.41) is 13.1. The average Bonchev–Trinajstić information content (AvgIpc) is 2.49. The molecule has 1 aromatic rings. The highest BCUT2D eigenvalue weighted by atomic mass is 16.5. The second kappa shape index (κ2) is 6.75. The minimum atomic E-state index is -0.0489. The first-order valence-electron chi connectivity index (χ1n) is 6.57. The van der Waals surface area contributed by atoms with E-state index >= 15 is 0 Å². The Kier molecular flexibility index (Phi) is 5.01. The number of nitrogens with one attached hydrogen (secondary N) is 1. The summed E-state index contributed by atoms with van der Waals surface area (Å²) < 4.78 is 10.7. The van der Waals surface area contributed by atoms with Gasteiger partial charge in [-0.2, -0.15) is 0 Å². The van der Waals surface area contributed by atoms with E-state index in [1.54, 1.807) is 14.2 Å². The zero-order valence-electron chi connectivity index (χ0n) is 11.6. The Balaban J connectivity index is 2.29. The van der Waals surface area contributed by atoms with E-state index in [0.717, 1.165) is 43.2 Å². The SMILES string of the molecule is COc1ccc(OC)c([C@H](CO)N2CCNCC2)c1. The quantitative estimate of drug-likeness (QED) is 0.819. The van der Waals surface area contributed by atoms with Crippen LogP contribution in [0.25, 0.3) is 0 Å². The molecule has 19 heavy (non-hydrogen) atoms. The molecule has 1 saturated heterocycles. The molecule has 1 atom stereocenters. The standard InChI is InChI=1S/C14H22N2O3/c1-18-11-3-4-14(19-2)12(9-11)13(10-17)16-7-5-15-6-8-16/h3-4,9,13,15,17H,5-8,10H2,1-2H3/t13-/m0/s1. The summed E-state index contributed by atoms with van der Waals surface area (Å²) in [6, 6.07) is 5.65. The molecular formula is C14H22N2O3. The van der Waals surface area contributed by atoms with Crippen LogP contribution in [0.5, 0.6) is 11.5 Å². The molecule has 0 radical (unpaired) electrons. The summed E-state index contributed by atoms with van der Waals surface area (Å²) in [5.74, 6) is 1.57. The largest absolute Gasteiger partial charge is 0.497 e. The van der Waals surface area contributed by atoms with Crippen molar-refractivity contribution < 1.29 is 14.6 Å². The highest BCUT2D eigenvalue weighted by Gasteiger charge is 2.24. The van der Waals surface area contributed by atoms with Gasteiger partial charge in [-0.1, -0.05) is 0 Å². The van der Waals surface area contributed by atoms with Crippen LogP contribution in [-0.4, -0.2) is 57.0 Å². The van der Waals surface area contributed by atoms with E-state index in [0.29, 0.717) is 0 Å². The van der Waals surface area contributed by atoms with Crippen LogP contribution in [0.2, 0.25) is 0 Å². The highest BCUT2D eigenvalue weighted by molar-refractivity contribution is 5.42. The molecule has 0 amide bonds. The van der Waals surface area contributed by atoms with Crippen LogP contribution in [0.4, 0.5) is 0 Å². The van der Waals surface area contributed by atoms with Gasteiger partial charge in [0.25, 0.3) is 0 Å². The van der Waals surface area contributed by atoms with Crippen LogP contribution in [0, 0.1) is 0 Å². The number of nitrogens with zero attached hydrogens (tertiary/aromatic N) is 1. The lowest BCUT2D eigenvalue weighted by Crippen LogP contribution is -2.46. The summed E-state index contributed by atoms with van der Waals surface area (Å²) in [6.45, 7) is 3.81. The van der Waals surface area contributed by atoms with Crippen molar-refractivity contribution in [3.63, 3.8) is 0 Å². The van der Waals surface area contributed by atoms with Crippen molar-refractivity contribution >= 4 is 0 Å². The number of benzene rings is 1. The van der Waals surface area contributed by atoms with Gasteiger partial charge in [-0.05, 0) is 18.2 Å². The van der Waals surface area contributed by atoms with Gasteiger partial charge in [0.05, 0.1) is 26.9 Å². The van der Waals surface area contributed by atoms with E-state index in [1.165, 1.54) is 0 Å². The fourth-order valence-corrected chi connectivity index (χ4v) is 2.50. The van der Waals surface area contributed by atoms with Crippen molar-refractivity contribution in [2.24, 2.45) is 0 Å². The first-order valence-corrected chi connectivity index (χ1v) is 6.57. The molecule has 0 aromatic heterocycles. The molecule has 1 aromatic carbocycles. The third-order valence-electron chi connectivity index (χ3n) is 3.56. The van der Waals surface area contributed by atoms with Gasteiger partial charge < -0.3 is 19.9 Å². The Labute approximate surface area is 114 Å². The van der Waals surface area contributed by atoms with Gasteiger partial charge in [-0.3, -0.25) is 4.90 Å². The predicted molar refractivity (Wildman–Crippen MR) is 73.8 cm³/mol. The number of aliphatic hydroxyl groups is 1. The first-order chi connectivity index (χ1) is 9.30. The number of methoxy groups -OCH3 is 2. The van der Waals surface area contributed by atoms with Gasteiger partial charge in [0.15, 0.2) is 0 Å². The molecule has 0 unspecified atom stereocenters. The molecule has 1 aliphatic heterocycles.